The number of carbonyl (C=O) groups excluding carboxylic acids is 2. The van der Waals surface area contributed by atoms with E-state index in [2.05, 4.69) is 38.7 Å². The SMILES string of the molecule is CCCCOc1c(Br)cc(/C=N\NC(=O)C(NC(=O)c2cccc(Cl)c2)C(C)C)cc1OCC. The molecule has 2 aromatic carbocycles. The Hall–Kier alpha value is -2.58. The minimum Gasteiger partial charge on any atom is -0.490 e. The summed E-state index contributed by atoms with van der Waals surface area (Å²) in [5, 5.41) is 7.27. The molecular formula is C25H31BrClN3O4. The monoisotopic (exact) mass is 551 g/mol. The Labute approximate surface area is 214 Å². The average molecular weight is 553 g/mol. The highest BCUT2D eigenvalue weighted by molar-refractivity contribution is 9.10. The zero-order chi connectivity index (χ0) is 25.1. The van der Waals surface area contributed by atoms with E-state index in [1.165, 1.54) is 6.21 Å². The van der Waals surface area contributed by atoms with Gasteiger partial charge in [-0.05, 0) is 71.1 Å². The van der Waals surface area contributed by atoms with Crippen LogP contribution >= 0.6 is 27.5 Å². The molecule has 2 aromatic rings. The third kappa shape index (κ3) is 8.33. The average Bonchev–Trinajstić information content (AvgIpc) is 2.79. The van der Waals surface area contributed by atoms with Crippen LogP contribution in [0.1, 0.15) is 56.5 Å². The molecule has 0 aliphatic carbocycles. The Morgan fingerprint density at radius 1 is 1.18 bits per heavy atom. The summed E-state index contributed by atoms with van der Waals surface area (Å²) in [4.78, 5) is 25.3. The second-order valence-electron chi connectivity index (χ2n) is 7.90. The Morgan fingerprint density at radius 2 is 1.94 bits per heavy atom. The Balaban J connectivity index is 2.09. The number of nitrogens with zero attached hydrogens (tertiary/aromatic N) is 1. The zero-order valence-corrected chi connectivity index (χ0v) is 22.2. The van der Waals surface area contributed by atoms with Gasteiger partial charge in [-0.1, -0.05) is 44.9 Å². The van der Waals surface area contributed by atoms with E-state index in [9.17, 15) is 9.59 Å². The molecule has 9 heteroatoms. The summed E-state index contributed by atoms with van der Waals surface area (Å²) in [6, 6.07) is 9.40. The van der Waals surface area contributed by atoms with Crippen molar-refractivity contribution in [2.75, 3.05) is 13.2 Å². The zero-order valence-electron chi connectivity index (χ0n) is 19.9. The number of unbranched alkanes of at least 4 members (excludes halogenated alkanes) is 1. The molecule has 0 fully saturated rings. The van der Waals surface area contributed by atoms with Crippen LogP contribution in [0.15, 0.2) is 46.0 Å². The summed E-state index contributed by atoms with van der Waals surface area (Å²) in [6.07, 6.45) is 3.48. The molecule has 0 aromatic heterocycles. The first-order chi connectivity index (χ1) is 16.3. The van der Waals surface area contributed by atoms with E-state index >= 15 is 0 Å². The predicted octanol–water partition coefficient (Wildman–Crippen LogP) is 5.58. The van der Waals surface area contributed by atoms with Gasteiger partial charge in [-0.15, -0.1) is 0 Å². The van der Waals surface area contributed by atoms with Crippen LogP contribution in [0.4, 0.5) is 0 Å². The molecule has 1 atom stereocenters. The van der Waals surface area contributed by atoms with Crippen LogP contribution in [0.25, 0.3) is 0 Å². The van der Waals surface area contributed by atoms with Gasteiger partial charge in [0.2, 0.25) is 0 Å². The van der Waals surface area contributed by atoms with Gasteiger partial charge in [-0.3, -0.25) is 9.59 Å². The fourth-order valence-electron chi connectivity index (χ4n) is 3.01. The summed E-state index contributed by atoms with van der Waals surface area (Å²) >= 11 is 9.49. The smallest absolute Gasteiger partial charge is 0.262 e. The van der Waals surface area contributed by atoms with Crippen molar-refractivity contribution in [3.63, 3.8) is 0 Å². The third-order valence-corrected chi connectivity index (χ3v) is 5.61. The van der Waals surface area contributed by atoms with Crippen molar-refractivity contribution in [2.45, 2.75) is 46.6 Å². The van der Waals surface area contributed by atoms with Crippen LogP contribution in [0.5, 0.6) is 11.5 Å². The van der Waals surface area contributed by atoms with Crippen molar-refractivity contribution < 1.29 is 19.1 Å². The molecule has 2 N–H and O–H groups in total. The maximum Gasteiger partial charge on any atom is 0.262 e. The molecule has 0 saturated carbocycles. The lowest BCUT2D eigenvalue weighted by atomic mass is 10.0. The summed E-state index contributed by atoms with van der Waals surface area (Å²) < 4.78 is 12.3. The molecule has 0 heterocycles. The number of carbonyl (C=O) groups is 2. The van der Waals surface area contributed by atoms with E-state index in [0.29, 0.717) is 40.9 Å². The number of halogens is 2. The lowest BCUT2D eigenvalue weighted by molar-refractivity contribution is -0.123. The van der Waals surface area contributed by atoms with Gasteiger partial charge in [-0.25, -0.2) is 5.43 Å². The van der Waals surface area contributed by atoms with Crippen molar-refractivity contribution in [1.82, 2.24) is 10.7 Å². The summed E-state index contributed by atoms with van der Waals surface area (Å²) in [7, 11) is 0. The summed E-state index contributed by atoms with van der Waals surface area (Å²) in [5.74, 6) is 0.265. The predicted molar refractivity (Wildman–Crippen MR) is 139 cm³/mol. The van der Waals surface area contributed by atoms with Crippen molar-refractivity contribution in [2.24, 2.45) is 11.0 Å². The standard InChI is InChI=1S/C25H31BrClN3O4/c1-5-7-11-34-23-20(26)12-17(13-21(23)33-6-2)15-28-30-25(32)22(16(3)4)29-24(31)18-9-8-10-19(27)14-18/h8-10,12-16,22H,5-7,11H2,1-4H3,(H,29,31)(H,30,32)/b28-15-. The second-order valence-corrected chi connectivity index (χ2v) is 9.20. The Kier molecular flexibility index (Phi) is 11.4. The number of ether oxygens (including phenoxy) is 2. The van der Waals surface area contributed by atoms with Gasteiger partial charge < -0.3 is 14.8 Å². The molecule has 1 unspecified atom stereocenters. The molecule has 7 nitrogen and oxygen atoms in total. The highest BCUT2D eigenvalue weighted by Crippen LogP contribution is 2.36. The van der Waals surface area contributed by atoms with Crippen LogP contribution in [-0.4, -0.2) is 37.3 Å². The number of rotatable bonds is 12. The highest BCUT2D eigenvalue weighted by atomic mass is 79.9. The van der Waals surface area contributed by atoms with E-state index in [1.54, 1.807) is 30.3 Å². The first-order valence-electron chi connectivity index (χ1n) is 11.2. The summed E-state index contributed by atoms with van der Waals surface area (Å²) in [6.45, 7) is 8.76. The number of benzene rings is 2. The number of nitrogens with one attached hydrogen (secondary N) is 2. The van der Waals surface area contributed by atoms with Crippen LogP contribution < -0.4 is 20.2 Å². The van der Waals surface area contributed by atoms with Gasteiger partial charge in [0.25, 0.3) is 11.8 Å². The molecule has 2 amide bonds. The molecule has 0 aliphatic heterocycles. The van der Waals surface area contributed by atoms with Crippen LogP contribution in [-0.2, 0) is 4.79 Å². The lowest BCUT2D eigenvalue weighted by Crippen LogP contribution is -2.48. The van der Waals surface area contributed by atoms with Crippen LogP contribution in [0, 0.1) is 5.92 Å². The van der Waals surface area contributed by atoms with E-state index in [0.717, 1.165) is 17.3 Å². The highest BCUT2D eigenvalue weighted by Gasteiger charge is 2.24. The first kappa shape index (κ1) is 27.7. The molecule has 2 rings (SSSR count). The number of amides is 2. The Morgan fingerprint density at radius 3 is 2.59 bits per heavy atom. The molecule has 0 aliphatic rings. The van der Waals surface area contributed by atoms with E-state index in [4.69, 9.17) is 21.1 Å². The molecule has 0 radical (unpaired) electrons. The lowest BCUT2D eigenvalue weighted by Gasteiger charge is -2.20. The molecular weight excluding hydrogens is 522 g/mol. The molecule has 0 bridgehead atoms. The second kappa shape index (κ2) is 14.0. The van der Waals surface area contributed by atoms with E-state index in [1.807, 2.05) is 26.8 Å². The normalized spacial score (nSPS) is 12.0. The van der Waals surface area contributed by atoms with Gasteiger partial charge in [0.05, 0.1) is 23.9 Å². The van der Waals surface area contributed by atoms with Gasteiger partial charge in [0.1, 0.15) is 6.04 Å². The number of hydrazone groups is 1. The first-order valence-corrected chi connectivity index (χ1v) is 12.4. The van der Waals surface area contributed by atoms with Crippen molar-refractivity contribution >= 4 is 45.6 Å². The fourth-order valence-corrected chi connectivity index (χ4v) is 3.78. The molecule has 184 valence electrons. The van der Waals surface area contributed by atoms with Crippen molar-refractivity contribution in [3.8, 4) is 11.5 Å². The van der Waals surface area contributed by atoms with Crippen LogP contribution in [0.3, 0.4) is 0 Å². The number of hydrogen-bond acceptors (Lipinski definition) is 5. The van der Waals surface area contributed by atoms with Crippen molar-refractivity contribution in [1.29, 1.82) is 0 Å². The molecule has 34 heavy (non-hydrogen) atoms. The number of hydrogen-bond donors (Lipinski definition) is 2. The van der Waals surface area contributed by atoms with Gasteiger partial charge >= 0.3 is 0 Å². The van der Waals surface area contributed by atoms with E-state index < -0.39 is 11.9 Å². The van der Waals surface area contributed by atoms with Crippen LogP contribution in [0.2, 0.25) is 5.02 Å². The Bertz CT molecular complexity index is 1010. The van der Waals surface area contributed by atoms with E-state index in [-0.39, 0.29) is 11.8 Å². The maximum absolute atomic E-state index is 12.7. The van der Waals surface area contributed by atoms with Gasteiger partial charge in [-0.2, -0.15) is 5.10 Å². The van der Waals surface area contributed by atoms with Gasteiger partial charge in [0.15, 0.2) is 11.5 Å². The largest absolute Gasteiger partial charge is 0.490 e. The summed E-state index contributed by atoms with van der Waals surface area (Å²) in [5.41, 5.74) is 3.60. The van der Waals surface area contributed by atoms with Gasteiger partial charge in [0, 0.05) is 10.6 Å². The minimum absolute atomic E-state index is 0.156. The quantitative estimate of drug-likeness (QED) is 0.204. The molecule has 0 spiro atoms. The third-order valence-electron chi connectivity index (χ3n) is 4.79. The maximum atomic E-state index is 12.7. The minimum atomic E-state index is -0.774. The topological polar surface area (TPSA) is 89.0 Å². The molecule has 0 saturated heterocycles. The fraction of sp³-hybridized carbons (Fsp3) is 0.400. The van der Waals surface area contributed by atoms with Crippen molar-refractivity contribution in [3.05, 3.63) is 57.0 Å².